The van der Waals surface area contributed by atoms with Gasteiger partial charge in [0, 0.05) is 40.0 Å². The highest BCUT2D eigenvalue weighted by Gasteiger charge is 2.38. The number of hydrogen-bond donors (Lipinski definition) is 2. The highest BCUT2D eigenvalue weighted by molar-refractivity contribution is 5.95. The van der Waals surface area contributed by atoms with Gasteiger partial charge in [-0.2, -0.15) is 5.10 Å². The number of aromatic amines is 2. The van der Waals surface area contributed by atoms with E-state index >= 15 is 0 Å². The van der Waals surface area contributed by atoms with Crippen LogP contribution >= 0.6 is 0 Å². The van der Waals surface area contributed by atoms with E-state index in [0.717, 1.165) is 59.1 Å². The Bertz CT molecular complexity index is 1290. The van der Waals surface area contributed by atoms with E-state index in [1.54, 1.807) is 17.0 Å². The maximum atomic E-state index is 14.9. The number of para-hydroxylation sites is 1. The van der Waals surface area contributed by atoms with E-state index in [1.807, 2.05) is 24.3 Å². The number of carbonyl (C=O) groups excluding carboxylic acids is 1. The average molecular weight is 400 g/mol. The number of hydrogen-bond acceptors (Lipinski definition) is 2. The smallest absolute Gasteiger partial charge is 0.275 e. The molecule has 0 bridgehead atoms. The maximum Gasteiger partial charge on any atom is 0.275 e. The summed E-state index contributed by atoms with van der Waals surface area (Å²) in [5, 5.41) is 8.52. The molecule has 0 saturated heterocycles. The monoisotopic (exact) mass is 400 g/mol. The van der Waals surface area contributed by atoms with Crippen LogP contribution in [0.1, 0.15) is 51.0 Å². The molecule has 5 nitrogen and oxygen atoms in total. The Morgan fingerprint density at radius 3 is 2.77 bits per heavy atom. The lowest BCUT2D eigenvalue weighted by Gasteiger charge is -2.36. The molecule has 1 atom stereocenters. The van der Waals surface area contributed by atoms with Crippen molar-refractivity contribution < 1.29 is 9.18 Å². The molecular formula is C24H21FN4O. The summed E-state index contributed by atoms with van der Waals surface area (Å²) in [4.78, 5) is 18.9. The van der Waals surface area contributed by atoms with Gasteiger partial charge in [0.1, 0.15) is 11.9 Å². The summed E-state index contributed by atoms with van der Waals surface area (Å²) in [6, 6.07) is 14.3. The molecule has 1 amide bonds. The van der Waals surface area contributed by atoms with Crippen molar-refractivity contribution in [1.82, 2.24) is 20.1 Å². The summed E-state index contributed by atoms with van der Waals surface area (Å²) in [5.41, 5.74) is 6.15. The van der Waals surface area contributed by atoms with E-state index in [2.05, 4.69) is 21.2 Å². The number of carbonyl (C=O) groups is 1. The predicted octanol–water partition coefficient (Wildman–Crippen LogP) is 4.31. The number of H-pyrrole nitrogens is 2. The lowest BCUT2D eigenvalue weighted by Crippen LogP contribution is -2.41. The van der Waals surface area contributed by atoms with Gasteiger partial charge in [-0.3, -0.25) is 9.89 Å². The molecule has 0 saturated carbocycles. The van der Waals surface area contributed by atoms with Crippen molar-refractivity contribution in [2.24, 2.45) is 0 Å². The number of aryl methyl sites for hydroxylation is 1. The molecule has 0 spiro atoms. The third-order valence-corrected chi connectivity index (χ3v) is 6.50. The molecule has 2 N–H and O–H groups in total. The largest absolute Gasteiger partial charge is 0.356 e. The molecule has 1 unspecified atom stereocenters. The Balaban J connectivity index is 1.52. The molecule has 1 aliphatic heterocycles. The number of nitrogens with one attached hydrogen (secondary N) is 2. The Morgan fingerprint density at radius 2 is 1.87 bits per heavy atom. The molecule has 150 valence electrons. The van der Waals surface area contributed by atoms with E-state index in [4.69, 9.17) is 0 Å². The molecule has 3 heterocycles. The molecule has 4 aromatic rings. The number of nitrogens with zero attached hydrogens (tertiary/aromatic N) is 2. The van der Waals surface area contributed by atoms with Gasteiger partial charge in [0.25, 0.3) is 5.91 Å². The number of rotatable bonds is 2. The number of aromatic nitrogens is 3. The Morgan fingerprint density at radius 1 is 1.03 bits per heavy atom. The average Bonchev–Trinajstić information content (AvgIpc) is 3.47. The summed E-state index contributed by atoms with van der Waals surface area (Å²) in [5.74, 6) is -0.439. The fraction of sp³-hybridized carbons (Fsp3) is 0.250. The lowest BCUT2D eigenvalue weighted by molar-refractivity contribution is 0.0682. The highest BCUT2D eigenvalue weighted by Crippen LogP contribution is 2.40. The zero-order chi connectivity index (χ0) is 20.2. The number of fused-ring (bicyclic) bond motifs is 4. The molecule has 2 aromatic carbocycles. The van der Waals surface area contributed by atoms with Gasteiger partial charge in [0.05, 0.1) is 0 Å². The first-order chi connectivity index (χ1) is 14.7. The van der Waals surface area contributed by atoms with E-state index < -0.39 is 6.04 Å². The Kier molecular flexibility index (Phi) is 3.81. The second-order valence-corrected chi connectivity index (χ2v) is 8.12. The van der Waals surface area contributed by atoms with Gasteiger partial charge in [0.2, 0.25) is 0 Å². The fourth-order valence-electron chi connectivity index (χ4n) is 5.11. The first kappa shape index (κ1) is 17.4. The van der Waals surface area contributed by atoms with Crippen LogP contribution in [-0.4, -0.2) is 32.5 Å². The SMILES string of the molecule is O=C(c1n[nH]c2c1CCC2)N1CCc2c([nH]c3ccccc23)C1c1ccccc1F. The maximum absolute atomic E-state index is 14.9. The van der Waals surface area contributed by atoms with Crippen molar-refractivity contribution in [3.05, 3.63) is 88.1 Å². The zero-order valence-electron chi connectivity index (χ0n) is 16.4. The van der Waals surface area contributed by atoms with Gasteiger partial charge in [-0.1, -0.05) is 36.4 Å². The van der Waals surface area contributed by atoms with Crippen LogP contribution in [-0.2, 0) is 19.3 Å². The molecule has 2 aromatic heterocycles. The zero-order valence-corrected chi connectivity index (χ0v) is 16.4. The van der Waals surface area contributed by atoms with Gasteiger partial charge >= 0.3 is 0 Å². The van der Waals surface area contributed by atoms with Crippen molar-refractivity contribution >= 4 is 16.8 Å². The predicted molar refractivity (Wildman–Crippen MR) is 112 cm³/mol. The molecule has 2 aliphatic rings. The number of amides is 1. The van der Waals surface area contributed by atoms with Crippen molar-refractivity contribution in [1.29, 1.82) is 0 Å². The van der Waals surface area contributed by atoms with Gasteiger partial charge in [-0.15, -0.1) is 0 Å². The Hall–Kier alpha value is -3.41. The van der Waals surface area contributed by atoms with Crippen LogP contribution in [0.15, 0.2) is 48.5 Å². The summed E-state index contributed by atoms with van der Waals surface area (Å²) in [7, 11) is 0. The number of halogens is 1. The lowest BCUT2D eigenvalue weighted by atomic mass is 9.91. The third-order valence-electron chi connectivity index (χ3n) is 6.50. The van der Waals surface area contributed by atoms with E-state index in [9.17, 15) is 9.18 Å². The quantitative estimate of drug-likeness (QED) is 0.527. The van der Waals surface area contributed by atoms with Crippen molar-refractivity contribution in [2.75, 3.05) is 6.54 Å². The molecule has 6 heteroatoms. The molecule has 6 rings (SSSR count). The molecule has 30 heavy (non-hydrogen) atoms. The second-order valence-electron chi connectivity index (χ2n) is 8.12. The summed E-state index contributed by atoms with van der Waals surface area (Å²) in [6.45, 7) is 0.522. The van der Waals surface area contributed by atoms with E-state index in [1.165, 1.54) is 6.07 Å². The first-order valence-corrected chi connectivity index (χ1v) is 10.4. The van der Waals surface area contributed by atoms with Crippen LogP contribution in [0.25, 0.3) is 10.9 Å². The van der Waals surface area contributed by atoms with Gasteiger partial charge in [-0.25, -0.2) is 4.39 Å². The summed E-state index contributed by atoms with van der Waals surface area (Å²) in [6.07, 6.45) is 3.55. The number of benzene rings is 2. The van der Waals surface area contributed by atoms with Crippen molar-refractivity contribution in [3.8, 4) is 0 Å². The molecule has 1 aliphatic carbocycles. The minimum atomic E-state index is -0.511. The van der Waals surface area contributed by atoms with E-state index in [0.29, 0.717) is 17.8 Å². The topological polar surface area (TPSA) is 64.8 Å². The minimum Gasteiger partial charge on any atom is -0.356 e. The van der Waals surface area contributed by atoms with Crippen LogP contribution in [0.4, 0.5) is 4.39 Å². The third kappa shape index (κ3) is 2.46. The highest BCUT2D eigenvalue weighted by atomic mass is 19.1. The van der Waals surface area contributed by atoms with Gasteiger partial charge < -0.3 is 9.88 Å². The summed E-state index contributed by atoms with van der Waals surface area (Å²) < 4.78 is 14.9. The Labute approximate surface area is 172 Å². The molecule has 0 radical (unpaired) electrons. The minimum absolute atomic E-state index is 0.132. The normalized spacial score (nSPS) is 17.9. The van der Waals surface area contributed by atoms with Crippen LogP contribution in [0.3, 0.4) is 0 Å². The van der Waals surface area contributed by atoms with Crippen molar-refractivity contribution in [2.45, 2.75) is 31.7 Å². The van der Waals surface area contributed by atoms with Crippen molar-refractivity contribution in [3.63, 3.8) is 0 Å². The summed E-state index contributed by atoms with van der Waals surface area (Å²) >= 11 is 0. The van der Waals surface area contributed by atoms with Crippen LogP contribution in [0, 0.1) is 5.82 Å². The second kappa shape index (κ2) is 6.55. The molecular weight excluding hydrogens is 379 g/mol. The fourth-order valence-corrected chi connectivity index (χ4v) is 5.11. The van der Waals surface area contributed by atoms with Crippen LogP contribution in [0.5, 0.6) is 0 Å². The van der Waals surface area contributed by atoms with Gasteiger partial charge in [-0.05, 0) is 43.4 Å². The molecule has 0 fully saturated rings. The standard InChI is InChI=1S/C24H21FN4O/c25-18-9-3-1-7-16(18)23-21-15(14-6-2-4-10-19(14)26-21)12-13-29(23)24(30)22-17-8-5-11-20(17)27-28-22/h1-4,6-7,9-10,23,26H,5,8,11-13H2,(H,27,28). The van der Waals surface area contributed by atoms with Crippen LogP contribution < -0.4 is 0 Å². The van der Waals surface area contributed by atoms with Crippen LogP contribution in [0.2, 0.25) is 0 Å². The van der Waals surface area contributed by atoms with Gasteiger partial charge in [0.15, 0.2) is 5.69 Å². The first-order valence-electron chi connectivity index (χ1n) is 10.4. The van der Waals surface area contributed by atoms with E-state index in [-0.39, 0.29) is 11.7 Å².